The van der Waals surface area contributed by atoms with E-state index in [1.807, 2.05) is 0 Å². The van der Waals surface area contributed by atoms with Crippen LogP contribution in [0, 0.1) is 0 Å². The van der Waals surface area contributed by atoms with Gasteiger partial charge in [-0.1, -0.05) is 104 Å². The van der Waals surface area contributed by atoms with Crippen LogP contribution in [0.5, 0.6) is 0 Å². The Morgan fingerprint density at radius 2 is 0.871 bits per heavy atom. The zero-order chi connectivity index (χ0) is 21.3. The normalized spacial score (nSPS) is 12.6. The molecule has 0 amide bonds. The summed E-state index contributed by atoms with van der Waals surface area (Å²) in [5.41, 5.74) is 1.40. The zero-order valence-corrected chi connectivity index (χ0v) is 21.7. The van der Waals surface area contributed by atoms with Gasteiger partial charge in [0.1, 0.15) is 0 Å². The molecule has 2 atom stereocenters. The van der Waals surface area contributed by atoms with E-state index in [2.05, 4.69) is 137 Å². The van der Waals surface area contributed by atoms with Crippen molar-refractivity contribution in [1.29, 1.82) is 0 Å². The van der Waals surface area contributed by atoms with Gasteiger partial charge in [0.2, 0.25) is 0 Å². The topological polar surface area (TPSA) is 0 Å². The third-order valence-electron chi connectivity index (χ3n) is 4.95. The van der Waals surface area contributed by atoms with Gasteiger partial charge in [-0.25, -0.2) is 24.3 Å². The summed E-state index contributed by atoms with van der Waals surface area (Å²) >= 11 is 0. The molecule has 0 saturated heterocycles. The first-order valence-electron chi connectivity index (χ1n) is 10.7. The monoisotopic (exact) mass is 486 g/mol. The first kappa shape index (κ1) is 25.8. The Morgan fingerprint density at radius 1 is 0.516 bits per heavy atom. The van der Waals surface area contributed by atoms with E-state index in [0.29, 0.717) is 11.3 Å². The van der Waals surface area contributed by atoms with E-state index in [-0.39, 0.29) is 32.9 Å². The van der Waals surface area contributed by atoms with Gasteiger partial charge in [0.15, 0.2) is 0 Å². The molecule has 0 N–H and O–H groups in total. The Morgan fingerprint density at radius 3 is 1.13 bits per heavy atom. The molecule has 0 aliphatic heterocycles. The number of benzene rings is 2. The summed E-state index contributed by atoms with van der Waals surface area (Å²) in [7, 11) is -0.346. The number of hydrogen-bond donors (Lipinski definition) is 0. The van der Waals surface area contributed by atoms with Crippen LogP contribution in [0.3, 0.4) is 0 Å². The van der Waals surface area contributed by atoms with E-state index < -0.39 is 0 Å². The van der Waals surface area contributed by atoms with Crippen LogP contribution in [0.15, 0.2) is 109 Å². The Kier molecular flexibility index (Phi) is 10.9. The Bertz CT molecular complexity index is 861. The predicted octanol–water partition coefficient (Wildman–Crippen LogP) is 6.49. The number of rotatable bonds is 6. The molecule has 0 nitrogen and oxygen atoms in total. The van der Waals surface area contributed by atoms with Crippen molar-refractivity contribution in [2.75, 3.05) is 0 Å². The minimum atomic E-state index is -0.173. The van der Waals surface area contributed by atoms with Crippen LogP contribution < -0.4 is 21.2 Å². The second-order valence-electron chi connectivity index (χ2n) is 7.88. The van der Waals surface area contributed by atoms with Crippen LogP contribution in [0.4, 0.5) is 0 Å². The zero-order valence-electron chi connectivity index (χ0n) is 18.8. The molecule has 0 aliphatic rings. The fourth-order valence-electron chi connectivity index (χ4n) is 3.72. The van der Waals surface area contributed by atoms with Crippen LogP contribution in [-0.4, -0.2) is 11.3 Å². The minimum Gasteiger partial charge on any atom is -0.213 e. The molecule has 31 heavy (non-hydrogen) atoms. The Labute approximate surface area is 201 Å². The molecule has 0 spiro atoms. The van der Waals surface area contributed by atoms with Gasteiger partial charge in [-0.3, -0.25) is 0 Å². The summed E-state index contributed by atoms with van der Waals surface area (Å²) in [6.07, 6.45) is 0. The van der Waals surface area contributed by atoms with Gasteiger partial charge in [-0.2, -0.15) is 24.3 Å². The molecule has 0 radical (unpaired) electrons. The van der Waals surface area contributed by atoms with Crippen LogP contribution >= 0.6 is 15.8 Å². The standard InChI is InChI=1S/2C14H16P.Fe/c2*1-12(2)15(14-10-6-7-11-14)13-8-4-3-5-9-13;/h2*3-12H,1-2H3;/q2*-1;+2. The second-order valence-corrected chi connectivity index (χ2v) is 13.5. The van der Waals surface area contributed by atoms with E-state index >= 15 is 0 Å². The van der Waals surface area contributed by atoms with Crippen molar-refractivity contribution in [2.24, 2.45) is 0 Å². The molecule has 4 aromatic carbocycles. The summed E-state index contributed by atoms with van der Waals surface area (Å²) in [5.74, 6) is 0. The van der Waals surface area contributed by atoms with Gasteiger partial charge in [-0.05, 0) is 21.9 Å². The summed E-state index contributed by atoms with van der Waals surface area (Å²) < 4.78 is 0. The molecular weight excluding hydrogens is 454 g/mol. The molecule has 0 saturated carbocycles. The summed E-state index contributed by atoms with van der Waals surface area (Å²) in [6.45, 7) is 9.24. The Balaban J connectivity index is 0.000000213. The maximum Gasteiger partial charge on any atom is 2.00 e. The maximum absolute atomic E-state index is 2.31. The second kappa shape index (κ2) is 13.2. The van der Waals surface area contributed by atoms with E-state index in [9.17, 15) is 0 Å². The largest absolute Gasteiger partial charge is 2.00 e. The molecule has 0 fully saturated rings. The SMILES string of the molecule is CC(C)P(c1ccccc1)c1ccc[cH-]1.CC(C)P(c1ccccc1)c1ccc[cH-]1.[Fe+2]. The smallest absolute Gasteiger partial charge is 0.213 e. The van der Waals surface area contributed by atoms with E-state index in [0.717, 1.165) is 0 Å². The van der Waals surface area contributed by atoms with E-state index in [1.54, 1.807) is 0 Å². The molecule has 4 rings (SSSR count). The van der Waals surface area contributed by atoms with Gasteiger partial charge in [-0.15, -0.1) is 10.6 Å². The van der Waals surface area contributed by atoms with Crippen molar-refractivity contribution in [3.05, 3.63) is 109 Å². The van der Waals surface area contributed by atoms with Gasteiger partial charge in [0.05, 0.1) is 0 Å². The van der Waals surface area contributed by atoms with Crippen molar-refractivity contribution >= 4 is 37.1 Å². The molecule has 0 heterocycles. The fourth-order valence-corrected chi connectivity index (χ4v) is 8.67. The average molecular weight is 486 g/mol. The van der Waals surface area contributed by atoms with Gasteiger partial charge in [0.25, 0.3) is 0 Å². The molecule has 2 unspecified atom stereocenters. The molecule has 3 heteroatoms. The van der Waals surface area contributed by atoms with Crippen molar-refractivity contribution in [3.8, 4) is 0 Å². The van der Waals surface area contributed by atoms with Crippen LogP contribution in [0.1, 0.15) is 27.7 Å². The predicted molar refractivity (Wildman–Crippen MR) is 140 cm³/mol. The van der Waals surface area contributed by atoms with Crippen LogP contribution in [0.25, 0.3) is 0 Å². The summed E-state index contributed by atoms with van der Waals surface area (Å²) in [4.78, 5) is 0. The fraction of sp³-hybridized carbons (Fsp3) is 0.214. The van der Waals surface area contributed by atoms with Crippen LogP contribution in [-0.2, 0) is 17.1 Å². The molecule has 0 aliphatic carbocycles. The molecular formula is C28H32FeP2. The third kappa shape index (κ3) is 7.27. The first-order valence-corrected chi connectivity index (χ1v) is 13.5. The molecule has 4 aromatic rings. The number of hydrogen-bond acceptors (Lipinski definition) is 0. The van der Waals surface area contributed by atoms with Crippen molar-refractivity contribution in [1.82, 2.24) is 0 Å². The van der Waals surface area contributed by atoms with Crippen LogP contribution in [0.2, 0.25) is 0 Å². The van der Waals surface area contributed by atoms with Gasteiger partial charge >= 0.3 is 17.1 Å². The first-order chi connectivity index (χ1) is 14.6. The van der Waals surface area contributed by atoms with E-state index in [4.69, 9.17) is 0 Å². The molecule has 0 bridgehead atoms. The summed E-state index contributed by atoms with van der Waals surface area (Å²) in [6, 6.07) is 39.2. The van der Waals surface area contributed by atoms with Crippen molar-refractivity contribution in [3.63, 3.8) is 0 Å². The molecule has 0 aromatic heterocycles. The quantitative estimate of drug-likeness (QED) is 0.166. The average Bonchev–Trinajstić information content (AvgIpc) is 3.45. The third-order valence-corrected chi connectivity index (χ3v) is 10.4. The van der Waals surface area contributed by atoms with E-state index in [1.165, 1.54) is 21.2 Å². The summed E-state index contributed by atoms with van der Waals surface area (Å²) in [5, 5.41) is 5.94. The molecule has 162 valence electrons. The van der Waals surface area contributed by atoms with Gasteiger partial charge in [0, 0.05) is 0 Å². The van der Waals surface area contributed by atoms with Gasteiger partial charge < -0.3 is 0 Å². The minimum absolute atomic E-state index is 0. The van der Waals surface area contributed by atoms with Crippen molar-refractivity contribution in [2.45, 2.75) is 39.0 Å². The van der Waals surface area contributed by atoms with Crippen molar-refractivity contribution < 1.29 is 17.1 Å². The Hall–Kier alpha value is -1.48. The maximum atomic E-state index is 2.31.